The molecule has 0 fully saturated rings. The molecular weight excluding hydrogens is 657 g/mol. The van der Waals surface area contributed by atoms with Crippen LogP contribution in [0.3, 0.4) is 0 Å². The average Bonchev–Trinajstić information content (AvgIpc) is 3.25. The van der Waals surface area contributed by atoms with Crippen LogP contribution in [-0.4, -0.2) is 19.9 Å². The Kier molecular flexibility index (Phi) is 7.55. The van der Waals surface area contributed by atoms with Crippen molar-refractivity contribution in [2.45, 2.75) is 13.8 Å². The lowest BCUT2D eigenvalue weighted by atomic mass is 9.85. The van der Waals surface area contributed by atoms with Gasteiger partial charge >= 0.3 is 0 Å². The molecule has 4 heteroatoms. The first kappa shape index (κ1) is 31.7. The molecule has 0 amide bonds. The molecule has 0 unspecified atom stereocenters. The maximum absolute atomic E-state index is 5.55. The molecule has 254 valence electrons. The van der Waals surface area contributed by atoms with Crippen LogP contribution in [0.4, 0.5) is 0 Å². The standard InChI is InChI=1S/C50H34N4/c1-31-45-39-19-9-10-22-43(39)53-49(33-15-5-3-6-16-33)47(45)32(2)46-40-24-23-35(30-44(40)54-50(48(31)46)34-17-7-4-8-18-34)36-27-37(41-20-11-13-25-51-41)29-38(28-36)42-21-12-14-26-52-42/h3-30H,1-2H3. The number of aromatic nitrogens is 4. The van der Waals surface area contributed by atoms with E-state index in [4.69, 9.17) is 19.9 Å². The number of nitrogens with zero attached hydrogens (tertiary/aromatic N) is 4. The maximum atomic E-state index is 5.55. The summed E-state index contributed by atoms with van der Waals surface area (Å²) in [5, 5.41) is 7.07. The van der Waals surface area contributed by atoms with Gasteiger partial charge in [-0.05, 0) is 101 Å². The molecule has 0 aliphatic rings. The molecule has 6 aromatic carbocycles. The van der Waals surface area contributed by atoms with Gasteiger partial charge in [-0.25, -0.2) is 9.97 Å². The molecule has 0 aliphatic carbocycles. The van der Waals surface area contributed by atoms with Gasteiger partial charge in [0, 0.05) is 56.2 Å². The monoisotopic (exact) mass is 690 g/mol. The van der Waals surface area contributed by atoms with E-state index in [0.717, 1.165) is 78.0 Å². The van der Waals surface area contributed by atoms with Crippen LogP contribution in [0.25, 0.3) is 99.5 Å². The quantitative estimate of drug-likeness (QED) is 0.133. The Balaban J connectivity index is 1.30. The van der Waals surface area contributed by atoms with Crippen LogP contribution in [0, 0.1) is 13.8 Å². The molecule has 10 rings (SSSR count). The highest BCUT2D eigenvalue weighted by Gasteiger charge is 2.23. The Labute approximate surface area is 313 Å². The van der Waals surface area contributed by atoms with Crippen molar-refractivity contribution in [3.63, 3.8) is 0 Å². The van der Waals surface area contributed by atoms with E-state index in [2.05, 4.69) is 147 Å². The molecule has 10 aromatic rings. The summed E-state index contributed by atoms with van der Waals surface area (Å²) in [5.41, 5.74) is 14.6. The van der Waals surface area contributed by atoms with Crippen molar-refractivity contribution in [2.24, 2.45) is 0 Å². The number of rotatable bonds is 5. The topological polar surface area (TPSA) is 51.6 Å². The fourth-order valence-corrected chi connectivity index (χ4v) is 8.18. The molecule has 0 aliphatic heterocycles. The third-order valence-electron chi connectivity index (χ3n) is 10.7. The lowest BCUT2D eigenvalue weighted by molar-refractivity contribution is 1.31. The summed E-state index contributed by atoms with van der Waals surface area (Å²) in [6.45, 7) is 4.53. The van der Waals surface area contributed by atoms with Gasteiger partial charge in [-0.2, -0.15) is 0 Å². The average molecular weight is 691 g/mol. The summed E-state index contributed by atoms with van der Waals surface area (Å²) in [4.78, 5) is 20.3. The lowest BCUT2D eigenvalue weighted by Crippen LogP contribution is -1.99. The van der Waals surface area contributed by atoms with Gasteiger partial charge in [-0.1, -0.05) is 103 Å². The predicted octanol–water partition coefficient (Wildman–Crippen LogP) is 12.8. The smallest absolute Gasteiger partial charge is 0.0791 e. The van der Waals surface area contributed by atoms with Gasteiger partial charge in [-0.15, -0.1) is 0 Å². The Morgan fingerprint density at radius 3 is 1.37 bits per heavy atom. The van der Waals surface area contributed by atoms with E-state index >= 15 is 0 Å². The highest BCUT2D eigenvalue weighted by molar-refractivity contribution is 6.25. The van der Waals surface area contributed by atoms with Gasteiger partial charge in [-0.3, -0.25) is 9.97 Å². The van der Waals surface area contributed by atoms with Gasteiger partial charge in [0.25, 0.3) is 0 Å². The minimum Gasteiger partial charge on any atom is -0.256 e. The highest BCUT2D eigenvalue weighted by atomic mass is 14.7. The first-order chi connectivity index (χ1) is 26.6. The van der Waals surface area contributed by atoms with E-state index in [-0.39, 0.29) is 0 Å². The normalized spacial score (nSPS) is 11.5. The van der Waals surface area contributed by atoms with Crippen LogP contribution in [0.1, 0.15) is 11.1 Å². The van der Waals surface area contributed by atoms with E-state index in [9.17, 15) is 0 Å². The summed E-state index contributed by atoms with van der Waals surface area (Å²) in [6.07, 6.45) is 3.68. The van der Waals surface area contributed by atoms with Gasteiger partial charge in [0.2, 0.25) is 0 Å². The minimum absolute atomic E-state index is 0.918. The predicted molar refractivity (Wildman–Crippen MR) is 224 cm³/mol. The van der Waals surface area contributed by atoms with E-state index < -0.39 is 0 Å². The van der Waals surface area contributed by atoms with Crippen molar-refractivity contribution in [3.8, 4) is 56.2 Å². The number of pyridine rings is 4. The van der Waals surface area contributed by atoms with Crippen molar-refractivity contribution in [1.82, 2.24) is 19.9 Å². The summed E-state index contributed by atoms with van der Waals surface area (Å²) in [6, 6.07) is 55.2. The maximum Gasteiger partial charge on any atom is 0.0791 e. The third kappa shape index (κ3) is 5.22. The van der Waals surface area contributed by atoms with Crippen LogP contribution in [0.5, 0.6) is 0 Å². The van der Waals surface area contributed by atoms with Crippen molar-refractivity contribution in [2.75, 3.05) is 0 Å². The first-order valence-corrected chi connectivity index (χ1v) is 18.3. The first-order valence-electron chi connectivity index (χ1n) is 18.3. The van der Waals surface area contributed by atoms with E-state index in [1.807, 2.05) is 36.7 Å². The summed E-state index contributed by atoms with van der Waals surface area (Å²) < 4.78 is 0. The van der Waals surface area contributed by atoms with Crippen molar-refractivity contribution in [3.05, 3.63) is 181 Å². The van der Waals surface area contributed by atoms with Gasteiger partial charge in [0.05, 0.1) is 33.8 Å². The number of hydrogen-bond acceptors (Lipinski definition) is 4. The van der Waals surface area contributed by atoms with Crippen LogP contribution >= 0.6 is 0 Å². The second-order valence-electron chi connectivity index (χ2n) is 13.9. The van der Waals surface area contributed by atoms with Crippen LogP contribution in [-0.2, 0) is 0 Å². The van der Waals surface area contributed by atoms with Crippen molar-refractivity contribution >= 4 is 43.4 Å². The molecule has 54 heavy (non-hydrogen) atoms. The molecule has 0 spiro atoms. The minimum atomic E-state index is 0.918. The summed E-state index contributed by atoms with van der Waals surface area (Å²) in [5.74, 6) is 0. The van der Waals surface area contributed by atoms with E-state index in [1.165, 1.54) is 32.7 Å². The number of para-hydroxylation sites is 1. The van der Waals surface area contributed by atoms with Crippen LogP contribution in [0.2, 0.25) is 0 Å². The SMILES string of the molecule is Cc1c2c(-c3ccccc3)nc3cc(-c4cc(-c5ccccn5)cc(-c5ccccn5)c4)ccc3c2c(C)c2c(-c3ccccc3)nc3ccccc3c12. The second-order valence-corrected chi connectivity index (χ2v) is 13.9. The van der Waals surface area contributed by atoms with Gasteiger partial charge in [0.15, 0.2) is 0 Å². The fraction of sp³-hybridized carbons (Fsp3) is 0.0400. The van der Waals surface area contributed by atoms with E-state index in [1.54, 1.807) is 0 Å². The molecule has 0 bridgehead atoms. The molecule has 0 N–H and O–H groups in total. The number of hydrogen-bond donors (Lipinski definition) is 0. The molecule has 0 saturated heterocycles. The largest absolute Gasteiger partial charge is 0.256 e. The lowest BCUT2D eigenvalue weighted by Gasteiger charge is -2.21. The zero-order valence-electron chi connectivity index (χ0n) is 30.0. The molecular formula is C50H34N4. The molecule has 4 aromatic heterocycles. The zero-order chi connectivity index (χ0) is 36.2. The third-order valence-corrected chi connectivity index (χ3v) is 10.7. The molecule has 0 saturated carbocycles. The number of fused-ring (bicyclic) bond motifs is 6. The number of aryl methyl sites for hydroxylation is 2. The van der Waals surface area contributed by atoms with Crippen LogP contribution < -0.4 is 0 Å². The second kappa shape index (κ2) is 12.9. The fourth-order valence-electron chi connectivity index (χ4n) is 8.18. The van der Waals surface area contributed by atoms with Crippen molar-refractivity contribution in [1.29, 1.82) is 0 Å². The van der Waals surface area contributed by atoms with Gasteiger partial charge < -0.3 is 0 Å². The van der Waals surface area contributed by atoms with Crippen molar-refractivity contribution < 1.29 is 0 Å². The molecule has 4 nitrogen and oxygen atoms in total. The zero-order valence-corrected chi connectivity index (χ0v) is 30.0. The van der Waals surface area contributed by atoms with Crippen LogP contribution in [0.15, 0.2) is 170 Å². The van der Waals surface area contributed by atoms with Gasteiger partial charge in [0.1, 0.15) is 0 Å². The Hall–Kier alpha value is -7.04. The Morgan fingerprint density at radius 2 is 0.815 bits per heavy atom. The Bertz CT molecular complexity index is 2980. The van der Waals surface area contributed by atoms with E-state index in [0.29, 0.717) is 0 Å². The highest BCUT2D eigenvalue weighted by Crippen LogP contribution is 2.46. The molecule has 4 heterocycles. The Morgan fingerprint density at radius 1 is 0.333 bits per heavy atom. The molecule has 0 radical (unpaired) electrons. The summed E-state index contributed by atoms with van der Waals surface area (Å²) in [7, 11) is 0. The number of benzene rings is 6. The molecule has 0 atom stereocenters. The summed E-state index contributed by atoms with van der Waals surface area (Å²) >= 11 is 0.